The molecule has 20 heavy (non-hydrogen) atoms. The average Bonchev–Trinajstić information content (AvgIpc) is 2.52. The van der Waals surface area contributed by atoms with Crippen LogP contribution in [-0.4, -0.2) is 35.7 Å². The Bertz CT molecular complexity index is 433. The lowest BCUT2D eigenvalue weighted by molar-refractivity contribution is 0.0623. The summed E-state index contributed by atoms with van der Waals surface area (Å²) in [5, 5.41) is 0. The fraction of sp³-hybridized carbons (Fsp3) is 0.562. The predicted octanol–water partition coefficient (Wildman–Crippen LogP) is 2.89. The van der Waals surface area contributed by atoms with Crippen LogP contribution in [0.5, 0.6) is 0 Å². The van der Waals surface area contributed by atoms with Gasteiger partial charge < -0.3 is 10.6 Å². The molecule has 2 rings (SSSR count). The van der Waals surface area contributed by atoms with Crippen molar-refractivity contribution in [3.8, 4) is 0 Å². The molecule has 4 heteroatoms. The van der Waals surface area contributed by atoms with E-state index in [1.54, 1.807) is 0 Å². The minimum absolute atomic E-state index is 0.134. The molecule has 1 aliphatic heterocycles. The first kappa shape index (κ1) is 15.4. The number of nitrogens with zero attached hydrogens (tertiary/aromatic N) is 1. The zero-order chi connectivity index (χ0) is 14.4. The van der Waals surface area contributed by atoms with E-state index >= 15 is 0 Å². The quantitative estimate of drug-likeness (QED) is 0.907. The summed E-state index contributed by atoms with van der Waals surface area (Å²) >= 11 is 1.90. The smallest absolute Gasteiger partial charge is 0.254 e. The van der Waals surface area contributed by atoms with Gasteiger partial charge in [0, 0.05) is 30.4 Å². The molecule has 3 nitrogen and oxygen atoms in total. The van der Waals surface area contributed by atoms with Crippen LogP contribution in [0.3, 0.4) is 0 Å². The van der Waals surface area contributed by atoms with Gasteiger partial charge in [0.1, 0.15) is 0 Å². The summed E-state index contributed by atoms with van der Waals surface area (Å²) in [6.45, 7) is 3.57. The van der Waals surface area contributed by atoms with E-state index in [-0.39, 0.29) is 11.9 Å². The summed E-state index contributed by atoms with van der Waals surface area (Å²) in [7, 11) is 0. The maximum atomic E-state index is 12.6. The van der Waals surface area contributed by atoms with Crippen LogP contribution in [0.2, 0.25) is 0 Å². The van der Waals surface area contributed by atoms with Crippen LogP contribution < -0.4 is 5.73 Å². The van der Waals surface area contributed by atoms with Crippen molar-refractivity contribution in [1.82, 2.24) is 4.90 Å². The number of carbonyl (C=O) groups is 1. The first-order valence-electron chi connectivity index (χ1n) is 7.44. The molecule has 0 saturated carbocycles. The number of thioether (sulfide) groups is 1. The molecule has 1 heterocycles. The van der Waals surface area contributed by atoms with Crippen LogP contribution in [0, 0.1) is 0 Å². The number of rotatable bonds is 5. The van der Waals surface area contributed by atoms with Crippen LogP contribution in [0.4, 0.5) is 0 Å². The summed E-state index contributed by atoms with van der Waals surface area (Å²) in [6, 6.07) is 8.26. The predicted molar refractivity (Wildman–Crippen MR) is 86.0 cm³/mol. The third kappa shape index (κ3) is 3.76. The van der Waals surface area contributed by atoms with E-state index in [1.807, 2.05) is 28.8 Å². The molecule has 1 unspecified atom stereocenters. The molecule has 0 spiro atoms. The fourth-order valence-electron chi connectivity index (χ4n) is 2.64. The van der Waals surface area contributed by atoms with Crippen LogP contribution >= 0.6 is 11.8 Å². The molecular weight excluding hydrogens is 268 g/mol. The molecule has 2 N–H and O–H groups in total. The Morgan fingerprint density at radius 1 is 1.35 bits per heavy atom. The topological polar surface area (TPSA) is 46.3 Å². The maximum absolute atomic E-state index is 12.6. The number of likely N-dealkylation sites (tertiary alicyclic amines) is 1. The number of hydrogen-bond donors (Lipinski definition) is 1. The summed E-state index contributed by atoms with van der Waals surface area (Å²) in [5.41, 5.74) is 7.86. The third-order valence-electron chi connectivity index (χ3n) is 3.83. The fourth-order valence-corrected chi connectivity index (χ4v) is 3.27. The Kier molecular flexibility index (Phi) is 5.92. The molecule has 110 valence electrons. The normalized spacial score (nSPS) is 19.1. The molecule has 0 bridgehead atoms. The minimum Gasteiger partial charge on any atom is -0.334 e. The van der Waals surface area contributed by atoms with Crippen LogP contribution in [0.1, 0.15) is 42.1 Å². The highest BCUT2D eigenvalue weighted by molar-refractivity contribution is 7.98. The molecule has 1 atom stereocenters. The van der Waals surface area contributed by atoms with Gasteiger partial charge in [0.05, 0.1) is 0 Å². The Balaban J connectivity index is 2.04. The van der Waals surface area contributed by atoms with E-state index in [4.69, 9.17) is 5.73 Å². The van der Waals surface area contributed by atoms with Gasteiger partial charge >= 0.3 is 0 Å². The number of hydrogen-bond acceptors (Lipinski definition) is 3. The monoisotopic (exact) mass is 292 g/mol. The molecule has 1 aliphatic rings. The number of nitrogens with two attached hydrogens (primary N) is 1. The molecule has 0 aromatic heterocycles. The van der Waals surface area contributed by atoms with Crippen LogP contribution in [0.15, 0.2) is 24.3 Å². The average molecular weight is 292 g/mol. The van der Waals surface area contributed by atoms with E-state index in [9.17, 15) is 4.79 Å². The van der Waals surface area contributed by atoms with E-state index in [2.05, 4.69) is 19.1 Å². The van der Waals surface area contributed by atoms with E-state index in [0.29, 0.717) is 6.54 Å². The lowest BCUT2D eigenvalue weighted by atomic mass is 10.0. The molecule has 1 fully saturated rings. The molecule has 0 radical (unpaired) electrons. The second-order valence-corrected chi connectivity index (χ2v) is 6.49. The van der Waals surface area contributed by atoms with Crippen LogP contribution in [0.25, 0.3) is 0 Å². The minimum atomic E-state index is 0.134. The molecule has 1 aromatic carbocycles. The Morgan fingerprint density at radius 3 is 2.75 bits per heavy atom. The lowest BCUT2D eigenvalue weighted by Crippen LogP contribution is -2.47. The van der Waals surface area contributed by atoms with Crippen molar-refractivity contribution >= 4 is 17.7 Å². The van der Waals surface area contributed by atoms with Crippen LogP contribution in [-0.2, 0) is 5.75 Å². The Labute approximate surface area is 125 Å². The highest BCUT2D eigenvalue weighted by Crippen LogP contribution is 2.20. The van der Waals surface area contributed by atoms with Gasteiger partial charge in [-0.1, -0.05) is 19.1 Å². The Morgan fingerprint density at radius 2 is 2.10 bits per heavy atom. The largest absolute Gasteiger partial charge is 0.334 e. The van der Waals surface area contributed by atoms with Gasteiger partial charge in [-0.05, 0) is 42.7 Å². The van der Waals surface area contributed by atoms with E-state index in [0.717, 1.165) is 36.5 Å². The van der Waals surface area contributed by atoms with Gasteiger partial charge in [-0.3, -0.25) is 4.79 Å². The van der Waals surface area contributed by atoms with Crippen molar-refractivity contribution in [2.75, 3.05) is 18.8 Å². The second-order valence-electron chi connectivity index (χ2n) is 5.22. The van der Waals surface area contributed by atoms with Gasteiger partial charge in [-0.2, -0.15) is 11.8 Å². The summed E-state index contributed by atoms with van der Waals surface area (Å²) in [4.78, 5) is 14.5. The molecular formula is C16H24N2OS. The number of amides is 1. The number of benzene rings is 1. The van der Waals surface area contributed by atoms with E-state index in [1.165, 1.54) is 12.0 Å². The zero-order valence-electron chi connectivity index (χ0n) is 12.2. The van der Waals surface area contributed by atoms with Crippen molar-refractivity contribution in [3.05, 3.63) is 35.4 Å². The standard InChI is InChI=1S/C16H24N2OS/c1-2-20-12-13-6-8-14(9-7-13)16(19)18-10-4-3-5-15(18)11-17/h6-9,15H,2-5,10-12,17H2,1H3. The number of carbonyl (C=O) groups excluding carboxylic acids is 1. The van der Waals surface area contributed by atoms with E-state index < -0.39 is 0 Å². The highest BCUT2D eigenvalue weighted by atomic mass is 32.2. The van der Waals surface area contributed by atoms with Crippen molar-refractivity contribution in [2.24, 2.45) is 5.73 Å². The molecule has 1 aromatic rings. The summed E-state index contributed by atoms with van der Waals surface area (Å²) in [5.74, 6) is 2.27. The summed E-state index contributed by atoms with van der Waals surface area (Å²) in [6.07, 6.45) is 3.31. The zero-order valence-corrected chi connectivity index (χ0v) is 13.0. The first-order valence-corrected chi connectivity index (χ1v) is 8.59. The maximum Gasteiger partial charge on any atom is 0.254 e. The number of piperidine rings is 1. The van der Waals surface area contributed by atoms with Crippen molar-refractivity contribution < 1.29 is 4.79 Å². The SMILES string of the molecule is CCSCc1ccc(C(=O)N2CCCCC2CN)cc1. The first-order chi connectivity index (χ1) is 9.76. The van der Waals surface area contributed by atoms with Gasteiger partial charge in [-0.25, -0.2) is 0 Å². The van der Waals surface area contributed by atoms with Crippen molar-refractivity contribution in [1.29, 1.82) is 0 Å². The Hall–Kier alpha value is -1.00. The van der Waals surface area contributed by atoms with Gasteiger partial charge in [0.2, 0.25) is 0 Å². The highest BCUT2D eigenvalue weighted by Gasteiger charge is 2.26. The molecule has 1 amide bonds. The van der Waals surface area contributed by atoms with Crippen molar-refractivity contribution in [2.45, 2.75) is 38.0 Å². The summed E-state index contributed by atoms with van der Waals surface area (Å²) < 4.78 is 0. The third-order valence-corrected chi connectivity index (χ3v) is 4.78. The second kappa shape index (κ2) is 7.70. The molecule has 0 aliphatic carbocycles. The van der Waals surface area contributed by atoms with Gasteiger partial charge in [0.15, 0.2) is 0 Å². The van der Waals surface area contributed by atoms with Gasteiger partial charge in [0.25, 0.3) is 5.91 Å². The van der Waals surface area contributed by atoms with Gasteiger partial charge in [-0.15, -0.1) is 0 Å². The van der Waals surface area contributed by atoms with Crippen molar-refractivity contribution in [3.63, 3.8) is 0 Å². The lowest BCUT2D eigenvalue weighted by Gasteiger charge is -2.35. The molecule has 1 saturated heterocycles.